The number of thioether (sulfide) groups is 1. The summed E-state index contributed by atoms with van der Waals surface area (Å²) in [5.41, 5.74) is -2.24. The molecule has 30 heavy (non-hydrogen) atoms. The van der Waals surface area contributed by atoms with Crippen LogP contribution < -0.4 is 10.6 Å². The molecule has 12 heteroatoms. The molecule has 1 aliphatic rings. The number of amides is 2. The SMILES string of the molecule is O=C(C[C@@H]1Sc2ccc(C(F)(F)F)cc2NC1=O)Nc1ccc(Cl)c(C(F)(F)F)c1. The number of carbonyl (C=O) groups is 2. The Morgan fingerprint density at radius 3 is 2.40 bits per heavy atom. The number of halogens is 7. The highest BCUT2D eigenvalue weighted by molar-refractivity contribution is 8.01. The number of nitrogens with one attached hydrogen (secondary N) is 2. The first-order valence-corrected chi connectivity index (χ1v) is 9.46. The maximum absolute atomic E-state index is 12.9. The molecule has 1 heterocycles. The van der Waals surface area contributed by atoms with Crippen molar-refractivity contribution in [2.45, 2.75) is 28.9 Å². The average molecular weight is 469 g/mol. The van der Waals surface area contributed by atoms with Gasteiger partial charge in [0.15, 0.2) is 0 Å². The topological polar surface area (TPSA) is 58.2 Å². The van der Waals surface area contributed by atoms with Gasteiger partial charge in [0, 0.05) is 17.0 Å². The van der Waals surface area contributed by atoms with Crippen LogP contribution in [0.15, 0.2) is 41.3 Å². The van der Waals surface area contributed by atoms with Crippen molar-refractivity contribution in [2.75, 3.05) is 10.6 Å². The quantitative estimate of drug-likeness (QED) is 0.558. The summed E-state index contributed by atoms with van der Waals surface area (Å²) in [5, 5.41) is 3.09. The van der Waals surface area contributed by atoms with Gasteiger partial charge in [-0.25, -0.2) is 0 Å². The van der Waals surface area contributed by atoms with E-state index in [0.29, 0.717) is 11.0 Å². The maximum Gasteiger partial charge on any atom is 0.417 e. The number of rotatable bonds is 3. The predicted molar refractivity (Wildman–Crippen MR) is 99.4 cm³/mol. The summed E-state index contributed by atoms with van der Waals surface area (Å²) in [5.74, 6) is -1.43. The van der Waals surface area contributed by atoms with E-state index in [1.54, 1.807) is 0 Å². The highest BCUT2D eigenvalue weighted by atomic mass is 35.5. The van der Waals surface area contributed by atoms with E-state index in [-0.39, 0.29) is 11.4 Å². The van der Waals surface area contributed by atoms with E-state index in [1.807, 2.05) is 0 Å². The van der Waals surface area contributed by atoms with Gasteiger partial charge in [0.2, 0.25) is 11.8 Å². The summed E-state index contributed by atoms with van der Waals surface area (Å²) < 4.78 is 77.1. The molecule has 0 radical (unpaired) electrons. The predicted octanol–water partition coefficient (Wildman–Crippen LogP) is 5.82. The zero-order chi connectivity index (χ0) is 22.3. The molecule has 0 unspecified atom stereocenters. The third-order valence-corrected chi connectivity index (χ3v) is 5.66. The standard InChI is InChI=1S/C18H11ClF6N2O2S/c19-11-3-2-9(6-10(11)18(23,24)25)26-15(28)7-14-16(29)27-12-5-8(17(20,21)22)1-4-13(12)30-14/h1-6,14H,7H2,(H,26,28)(H,27,29)/t14-/m0/s1. The van der Waals surface area contributed by atoms with Gasteiger partial charge >= 0.3 is 12.4 Å². The monoisotopic (exact) mass is 468 g/mol. The normalized spacial score (nSPS) is 16.6. The molecule has 0 saturated heterocycles. The Balaban J connectivity index is 1.70. The number of anilines is 2. The third kappa shape index (κ3) is 5.01. The molecular formula is C18H11ClF6N2O2S. The summed E-state index contributed by atoms with van der Waals surface area (Å²) in [6.45, 7) is 0. The Hall–Kier alpha value is -2.40. The van der Waals surface area contributed by atoms with E-state index in [2.05, 4.69) is 10.6 Å². The number of benzene rings is 2. The smallest absolute Gasteiger partial charge is 0.326 e. The maximum atomic E-state index is 12.9. The first-order chi connectivity index (χ1) is 13.8. The van der Waals surface area contributed by atoms with Gasteiger partial charge in [0.05, 0.1) is 27.1 Å². The van der Waals surface area contributed by atoms with E-state index < -0.39 is 52.0 Å². The van der Waals surface area contributed by atoms with E-state index in [4.69, 9.17) is 11.6 Å². The minimum atomic E-state index is -4.71. The van der Waals surface area contributed by atoms with Crippen LogP contribution in [0.2, 0.25) is 5.02 Å². The van der Waals surface area contributed by atoms with Crippen LogP contribution >= 0.6 is 23.4 Å². The second-order valence-corrected chi connectivity index (χ2v) is 7.90. The second-order valence-electron chi connectivity index (χ2n) is 6.25. The Labute approximate surface area is 175 Å². The van der Waals surface area contributed by atoms with Crippen LogP contribution in [0.4, 0.5) is 37.7 Å². The van der Waals surface area contributed by atoms with E-state index >= 15 is 0 Å². The molecule has 2 amide bonds. The van der Waals surface area contributed by atoms with E-state index in [0.717, 1.165) is 30.0 Å². The van der Waals surface area contributed by atoms with Gasteiger partial charge in [-0.15, -0.1) is 11.8 Å². The van der Waals surface area contributed by atoms with Crippen molar-refractivity contribution in [3.05, 3.63) is 52.5 Å². The van der Waals surface area contributed by atoms with Crippen LogP contribution in [0.1, 0.15) is 17.5 Å². The van der Waals surface area contributed by atoms with Crippen molar-refractivity contribution < 1.29 is 35.9 Å². The number of hydrogen-bond acceptors (Lipinski definition) is 3. The summed E-state index contributed by atoms with van der Waals surface area (Å²) in [4.78, 5) is 24.7. The summed E-state index contributed by atoms with van der Waals surface area (Å²) in [7, 11) is 0. The molecule has 1 aliphatic heterocycles. The molecule has 2 aromatic rings. The fourth-order valence-corrected chi connectivity index (χ4v) is 3.98. The second kappa shape index (κ2) is 8.03. The molecule has 0 spiro atoms. The summed E-state index contributed by atoms with van der Waals surface area (Å²) in [6, 6.07) is 5.66. The molecule has 0 fully saturated rings. The lowest BCUT2D eigenvalue weighted by Crippen LogP contribution is -2.32. The molecule has 1 atom stereocenters. The average Bonchev–Trinajstić information content (AvgIpc) is 2.61. The van der Waals surface area contributed by atoms with Crippen LogP contribution in [0, 0.1) is 0 Å². The number of hydrogen-bond donors (Lipinski definition) is 2. The van der Waals surface area contributed by atoms with Gasteiger partial charge in [0.1, 0.15) is 0 Å². The van der Waals surface area contributed by atoms with Gasteiger partial charge in [0.25, 0.3) is 0 Å². The summed E-state index contributed by atoms with van der Waals surface area (Å²) in [6.07, 6.45) is -9.69. The third-order valence-electron chi connectivity index (χ3n) is 4.05. The van der Waals surface area contributed by atoms with Gasteiger partial charge < -0.3 is 10.6 Å². The minimum absolute atomic E-state index is 0.0241. The summed E-state index contributed by atoms with van der Waals surface area (Å²) >= 11 is 6.41. The minimum Gasteiger partial charge on any atom is -0.326 e. The van der Waals surface area contributed by atoms with Crippen LogP contribution in [-0.2, 0) is 21.9 Å². The van der Waals surface area contributed by atoms with Gasteiger partial charge in [-0.3, -0.25) is 9.59 Å². The van der Waals surface area contributed by atoms with Crippen LogP contribution in [-0.4, -0.2) is 17.1 Å². The lowest BCUT2D eigenvalue weighted by atomic mass is 10.1. The zero-order valence-electron chi connectivity index (χ0n) is 14.6. The van der Waals surface area contributed by atoms with Crippen LogP contribution in [0.5, 0.6) is 0 Å². The molecular weight excluding hydrogens is 458 g/mol. The molecule has 0 saturated carbocycles. The van der Waals surface area contributed by atoms with Crippen molar-refractivity contribution in [2.24, 2.45) is 0 Å². The number of carbonyl (C=O) groups excluding carboxylic acids is 2. The fourth-order valence-electron chi connectivity index (χ4n) is 2.66. The zero-order valence-corrected chi connectivity index (χ0v) is 16.2. The van der Waals surface area contributed by atoms with Crippen molar-refractivity contribution in [1.29, 1.82) is 0 Å². The Bertz CT molecular complexity index is 1010. The molecule has 0 bridgehead atoms. The largest absolute Gasteiger partial charge is 0.417 e. The first kappa shape index (κ1) is 22.3. The molecule has 160 valence electrons. The lowest BCUT2D eigenvalue weighted by molar-refractivity contribution is -0.138. The van der Waals surface area contributed by atoms with Crippen molar-refractivity contribution in [3.63, 3.8) is 0 Å². The molecule has 4 nitrogen and oxygen atoms in total. The van der Waals surface area contributed by atoms with Crippen molar-refractivity contribution in [3.8, 4) is 0 Å². The van der Waals surface area contributed by atoms with Crippen LogP contribution in [0.25, 0.3) is 0 Å². The Kier molecular flexibility index (Phi) is 5.96. The van der Waals surface area contributed by atoms with Gasteiger partial charge in [-0.2, -0.15) is 26.3 Å². The van der Waals surface area contributed by atoms with Gasteiger partial charge in [-0.1, -0.05) is 11.6 Å². The highest BCUT2D eigenvalue weighted by Crippen LogP contribution is 2.41. The number of alkyl halides is 6. The number of fused-ring (bicyclic) bond motifs is 1. The molecule has 3 rings (SSSR count). The molecule has 0 aromatic heterocycles. The molecule has 0 aliphatic carbocycles. The van der Waals surface area contributed by atoms with E-state index in [1.165, 1.54) is 12.1 Å². The van der Waals surface area contributed by atoms with Crippen LogP contribution in [0.3, 0.4) is 0 Å². The Morgan fingerprint density at radius 2 is 1.77 bits per heavy atom. The molecule has 2 N–H and O–H groups in total. The fraction of sp³-hybridized carbons (Fsp3) is 0.222. The first-order valence-electron chi connectivity index (χ1n) is 8.20. The van der Waals surface area contributed by atoms with Gasteiger partial charge in [-0.05, 0) is 36.4 Å². The van der Waals surface area contributed by atoms with E-state index in [9.17, 15) is 35.9 Å². The lowest BCUT2D eigenvalue weighted by Gasteiger charge is -2.24. The van der Waals surface area contributed by atoms with Crippen molar-refractivity contribution in [1.82, 2.24) is 0 Å². The van der Waals surface area contributed by atoms with Crippen molar-refractivity contribution >= 4 is 46.6 Å². The highest BCUT2D eigenvalue weighted by Gasteiger charge is 2.35. The molecule has 2 aromatic carbocycles. The Morgan fingerprint density at radius 1 is 1.07 bits per heavy atom.